The van der Waals surface area contributed by atoms with Gasteiger partial charge in [-0.25, -0.2) is 8.78 Å². The minimum absolute atomic E-state index is 0.121. The molecule has 1 nitrogen and oxygen atoms in total. The summed E-state index contributed by atoms with van der Waals surface area (Å²) < 4.78 is 26.9. The molecule has 2 rings (SSSR count). The zero-order chi connectivity index (χ0) is 13.7. The Morgan fingerprint density at radius 3 is 2.53 bits per heavy atom. The molecule has 2 aromatic rings. The van der Waals surface area contributed by atoms with E-state index in [0.717, 1.165) is 17.7 Å². The average molecular weight is 324 g/mol. The van der Waals surface area contributed by atoms with Crippen LogP contribution >= 0.6 is 15.9 Å². The normalized spacial score (nSPS) is 10.9. The molecule has 2 aromatic carbocycles. The molecule has 0 aromatic heterocycles. The molecule has 0 heterocycles. The predicted molar refractivity (Wildman–Crippen MR) is 78.0 cm³/mol. The van der Waals surface area contributed by atoms with Crippen LogP contribution in [0.1, 0.15) is 5.56 Å². The van der Waals surface area contributed by atoms with Gasteiger partial charge in [0.05, 0.1) is 10.2 Å². The van der Waals surface area contributed by atoms with E-state index in [1.807, 2.05) is 42.5 Å². The summed E-state index contributed by atoms with van der Waals surface area (Å²) in [5.74, 6) is -0.975. The van der Waals surface area contributed by atoms with Gasteiger partial charge in [-0.1, -0.05) is 42.5 Å². The standard InChI is InChI=1S/C15H12BrF2N/c16-12-9-14(18)15(10-13(12)17)19-8-4-7-11-5-2-1-3-6-11/h1-7,9-10,19H,8H2/b7-4+. The molecule has 0 aliphatic carbocycles. The molecule has 1 N–H and O–H groups in total. The lowest BCUT2D eigenvalue weighted by Crippen LogP contribution is -2.01. The third kappa shape index (κ3) is 3.89. The number of hydrogen-bond donors (Lipinski definition) is 1. The Balaban J connectivity index is 1.96. The van der Waals surface area contributed by atoms with Crippen molar-refractivity contribution in [2.45, 2.75) is 0 Å². The maximum Gasteiger partial charge on any atom is 0.147 e. The second kappa shape index (κ2) is 6.48. The molecule has 4 heteroatoms. The molecule has 0 aliphatic heterocycles. The summed E-state index contributed by atoms with van der Waals surface area (Å²) in [6.07, 6.45) is 3.77. The highest BCUT2D eigenvalue weighted by Crippen LogP contribution is 2.23. The molecule has 0 atom stereocenters. The van der Waals surface area contributed by atoms with E-state index in [0.29, 0.717) is 6.54 Å². The van der Waals surface area contributed by atoms with Crippen LogP contribution in [0.25, 0.3) is 6.08 Å². The van der Waals surface area contributed by atoms with Crippen LogP contribution in [0.5, 0.6) is 0 Å². The summed E-state index contributed by atoms with van der Waals surface area (Å²) in [5, 5.41) is 2.83. The van der Waals surface area contributed by atoms with E-state index in [-0.39, 0.29) is 10.2 Å². The van der Waals surface area contributed by atoms with Gasteiger partial charge in [-0.2, -0.15) is 0 Å². The van der Waals surface area contributed by atoms with Crippen molar-refractivity contribution in [3.8, 4) is 0 Å². The summed E-state index contributed by atoms with van der Waals surface area (Å²) in [6, 6.07) is 12.0. The Labute approximate surface area is 119 Å². The smallest absolute Gasteiger partial charge is 0.147 e. The van der Waals surface area contributed by atoms with Gasteiger partial charge in [-0.05, 0) is 27.6 Å². The van der Waals surface area contributed by atoms with Gasteiger partial charge in [-0.15, -0.1) is 0 Å². The van der Waals surface area contributed by atoms with E-state index in [1.54, 1.807) is 0 Å². The van der Waals surface area contributed by atoms with Crippen LogP contribution in [0.3, 0.4) is 0 Å². The molecule has 98 valence electrons. The Morgan fingerprint density at radius 2 is 1.79 bits per heavy atom. The first-order valence-electron chi connectivity index (χ1n) is 5.77. The number of anilines is 1. The lowest BCUT2D eigenvalue weighted by molar-refractivity contribution is 0.597. The van der Waals surface area contributed by atoms with E-state index in [9.17, 15) is 8.78 Å². The monoisotopic (exact) mass is 323 g/mol. The number of hydrogen-bond acceptors (Lipinski definition) is 1. The van der Waals surface area contributed by atoms with Gasteiger partial charge in [0.15, 0.2) is 0 Å². The van der Waals surface area contributed by atoms with Crippen LogP contribution in [0.4, 0.5) is 14.5 Å². The van der Waals surface area contributed by atoms with Crippen LogP contribution in [0.2, 0.25) is 0 Å². The molecular weight excluding hydrogens is 312 g/mol. The van der Waals surface area contributed by atoms with Crippen molar-refractivity contribution < 1.29 is 8.78 Å². The van der Waals surface area contributed by atoms with Gasteiger partial charge in [0.2, 0.25) is 0 Å². The molecule has 0 radical (unpaired) electrons. The molecule has 0 unspecified atom stereocenters. The van der Waals surface area contributed by atoms with Crippen molar-refractivity contribution in [1.29, 1.82) is 0 Å². The summed E-state index contributed by atoms with van der Waals surface area (Å²) in [5.41, 5.74) is 1.21. The highest BCUT2D eigenvalue weighted by Gasteiger charge is 2.06. The van der Waals surface area contributed by atoms with Crippen molar-refractivity contribution in [3.05, 3.63) is 70.2 Å². The number of halogens is 3. The molecule has 0 saturated carbocycles. The summed E-state index contributed by atoms with van der Waals surface area (Å²) in [7, 11) is 0. The zero-order valence-corrected chi connectivity index (χ0v) is 11.6. The first-order valence-corrected chi connectivity index (χ1v) is 6.56. The summed E-state index contributed by atoms with van der Waals surface area (Å²) in [6.45, 7) is 0.423. The predicted octanol–water partition coefficient (Wildman–Crippen LogP) is 4.85. The minimum atomic E-state index is -0.490. The summed E-state index contributed by atoms with van der Waals surface area (Å²) >= 11 is 2.94. The SMILES string of the molecule is Fc1cc(NC/C=C/c2ccccc2)c(F)cc1Br. The first kappa shape index (κ1) is 13.7. The third-order valence-electron chi connectivity index (χ3n) is 2.53. The molecule has 0 bridgehead atoms. The van der Waals surface area contributed by atoms with Crippen molar-refractivity contribution in [2.24, 2.45) is 0 Å². The number of nitrogens with one attached hydrogen (secondary N) is 1. The van der Waals surface area contributed by atoms with Crippen LogP contribution < -0.4 is 5.32 Å². The van der Waals surface area contributed by atoms with E-state index in [1.165, 1.54) is 0 Å². The molecule has 0 aliphatic rings. The van der Waals surface area contributed by atoms with E-state index < -0.39 is 11.6 Å². The van der Waals surface area contributed by atoms with Gasteiger partial charge < -0.3 is 5.32 Å². The van der Waals surface area contributed by atoms with Crippen LogP contribution in [0.15, 0.2) is 53.0 Å². The van der Waals surface area contributed by atoms with Crippen molar-refractivity contribution in [1.82, 2.24) is 0 Å². The fraction of sp³-hybridized carbons (Fsp3) is 0.0667. The fourth-order valence-corrected chi connectivity index (χ4v) is 1.90. The second-order valence-corrected chi connectivity index (χ2v) is 4.79. The van der Waals surface area contributed by atoms with Crippen molar-refractivity contribution in [2.75, 3.05) is 11.9 Å². The number of rotatable bonds is 4. The van der Waals surface area contributed by atoms with Gasteiger partial charge in [-0.3, -0.25) is 0 Å². The highest BCUT2D eigenvalue weighted by atomic mass is 79.9. The first-order chi connectivity index (χ1) is 9.16. The van der Waals surface area contributed by atoms with Crippen LogP contribution in [-0.4, -0.2) is 6.54 Å². The molecule has 0 fully saturated rings. The molecule has 0 saturated heterocycles. The van der Waals surface area contributed by atoms with Crippen LogP contribution in [-0.2, 0) is 0 Å². The molecular formula is C15H12BrF2N. The Kier molecular flexibility index (Phi) is 4.68. The van der Waals surface area contributed by atoms with Crippen molar-refractivity contribution >= 4 is 27.7 Å². The Morgan fingerprint density at radius 1 is 1.05 bits per heavy atom. The van der Waals surface area contributed by atoms with E-state index in [4.69, 9.17) is 0 Å². The lowest BCUT2D eigenvalue weighted by atomic mass is 10.2. The van der Waals surface area contributed by atoms with Crippen LogP contribution in [0, 0.1) is 11.6 Å². The lowest BCUT2D eigenvalue weighted by Gasteiger charge is -2.06. The average Bonchev–Trinajstić information content (AvgIpc) is 2.41. The zero-order valence-electron chi connectivity index (χ0n) is 10.0. The number of benzene rings is 2. The molecule has 0 amide bonds. The quantitative estimate of drug-likeness (QED) is 0.793. The third-order valence-corrected chi connectivity index (χ3v) is 3.14. The van der Waals surface area contributed by atoms with Gasteiger partial charge in [0, 0.05) is 12.6 Å². The largest absolute Gasteiger partial charge is 0.379 e. The molecule has 19 heavy (non-hydrogen) atoms. The van der Waals surface area contributed by atoms with E-state index >= 15 is 0 Å². The van der Waals surface area contributed by atoms with Crippen molar-refractivity contribution in [3.63, 3.8) is 0 Å². The Bertz CT molecular complexity index is 582. The molecule has 0 spiro atoms. The maximum atomic E-state index is 13.5. The topological polar surface area (TPSA) is 12.0 Å². The van der Waals surface area contributed by atoms with E-state index in [2.05, 4.69) is 21.2 Å². The summed E-state index contributed by atoms with van der Waals surface area (Å²) in [4.78, 5) is 0. The minimum Gasteiger partial charge on any atom is -0.379 e. The Hall–Kier alpha value is -1.68. The maximum absolute atomic E-state index is 13.5. The highest BCUT2D eigenvalue weighted by molar-refractivity contribution is 9.10. The fourth-order valence-electron chi connectivity index (χ4n) is 1.59. The van der Waals surface area contributed by atoms with Gasteiger partial charge in [0.1, 0.15) is 11.6 Å². The van der Waals surface area contributed by atoms with Gasteiger partial charge in [0.25, 0.3) is 0 Å². The van der Waals surface area contributed by atoms with Gasteiger partial charge >= 0.3 is 0 Å². The second-order valence-electron chi connectivity index (χ2n) is 3.94.